The molecule has 170 valence electrons. The van der Waals surface area contributed by atoms with Gasteiger partial charge in [-0.3, -0.25) is 9.78 Å². The number of nitrogens with one attached hydrogen (secondary N) is 1. The van der Waals surface area contributed by atoms with Gasteiger partial charge in [-0.15, -0.1) is 0 Å². The first kappa shape index (κ1) is 25.2. The Hall–Kier alpha value is -3.08. The lowest BCUT2D eigenvalue weighted by molar-refractivity contribution is 0.102. The molecule has 1 amide bonds. The topological polar surface area (TPSA) is 114 Å². The maximum Gasteiger partial charge on any atom is 0.255 e. The molecule has 0 fully saturated rings. The number of anilines is 1. The van der Waals surface area contributed by atoms with Crippen LogP contribution < -0.4 is 5.32 Å². The Morgan fingerprint density at radius 1 is 0.906 bits per heavy atom. The molecular formula is C22H25N3O5S2. The third-order valence-electron chi connectivity index (χ3n) is 4.48. The molecule has 2 aromatic carbocycles. The second kappa shape index (κ2) is 9.60. The maximum atomic E-state index is 12.5. The largest absolute Gasteiger partial charge is 0.322 e. The van der Waals surface area contributed by atoms with Crippen molar-refractivity contribution in [3.63, 3.8) is 0 Å². The second-order valence-electron chi connectivity index (χ2n) is 6.97. The maximum absolute atomic E-state index is 12.5. The fourth-order valence-corrected chi connectivity index (χ4v) is 4.56. The molecule has 1 aromatic heterocycles. The highest BCUT2D eigenvalue weighted by atomic mass is 32.2. The minimum atomic E-state index is -3.55. The van der Waals surface area contributed by atoms with E-state index in [1.165, 1.54) is 50.6 Å². The van der Waals surface area contributed by atoms with Gasteiger partial charge in [0.15, 0.2) is 9.84 Å². The lowest BCUT2D eigenvalue weighted by Crippen LogP contribution is -2.22. The van der Waals surface area contributed by atoms with Crippen molar-refractivity contribution in [3.05, 3.63) is 72.4 Å². The predicted octanol–water partition coefficient (Wildman–Crippen LogP) is 3.29. The molecule has 0 radical (unpaired) electrons. The van der Waals surface area contributed by atoms with E-state index in [4.69, 9.17) is 0 Å². The van der Waals surface area contributed by atoms with Crippen molar-refractivity contribution in [1.29, 1.82) is 0 Å². The quantitative estimate of drug-likeness (QED) is 0.585. The summed E-state index contributed by atoms with van der Waals surface area (Å²) < 4.78 is 49.3. The zero-order chi connectivity index (χ0) is 22.8. The predicted molar refractivity (Wildman–Crippen MR) is 125 cm³/mol. The van der Waals surface area contributed by atoms with E-state index in [2.05, 4.69) is 10.3 Å². The van der Waals surface area contributed by atoms with Crippen molar-refractivity contribution < 1.29 is 21.6 Å². The van der Waals surface area contributed by atoms with E-state index >= 15 is 0 Å². The third kappa shape index (κ3) is 5.39. The summed E-state index contributed by atoms with van der Waals surface area (Å²) in [7, 11) is -4.12. The fraction of sp³-hybridized carbons (Fsp3) is 0.182. The molecule has 0 aliphatic rings. The van der Waals surface area contributed by atoms with Gasteiger partial charge in [0.25, 0.3) is 5.91 Å². The van der Waals surface area contributed by atoms with Crippen LogP contribution in [-0.4, -0.2) is 52.4 Å². The number of aromatic nitrogens is 1. The van der Waals surface area contributed by atoms with E-state index in [1.807, 2.05) is 0 Å². The van der Waals surface area contributed by atoms with E-state index < -0.39 is 19.9 Å². The summed E-state index contributed by atoms with van der Waals surface area (Å²) in [5.74, 6) is -0.390. The van der Waals surface area contributed by atoms with Gasteiger partial charge in [-0.2, -0.15) is 0 Å². The highest BCUT2D eigenvalue weighted by Gasteiger charge is 2.18. The number of nitrogens with zero attached hydrogens (tertiary/aromatic N) is 2. The van der Waals surface area contributed by atoms with Gasteiger partial charge in [-0.25, -0.2) is 21.1 Å². The molecule has 0 spiro atoms. The van der Waals surface area contributed by atoms with Crippen LogP contribution in [0.3, 0.4) is 0 Å². The Bertz CT molecular complexity index is 1320. The third-order valence-corrected chi connectivity index (χ3v) is 7.44. The standard InChI is InChI=1S/C21H21N3O5S2.CH4/c1-24(2)31(28,29)18-12-10-17(11-13-18)23-21(25)16-8-6-15(7-9-16)20-19(30(3,26)27)5-4-14-22-20;/h4-14H,1-3H3,(H,23,25);1H4. The molecule has 0 bridgehead atoms. The van der Waals surface area contributed by atoms with Crippen molar-refractivity contribution in [2.45, 2.75) is 17.2 Å². The average Bonchev–Trinajstić information content (AvgIpc) is 2.73. The van der Waals surface area contributed by atoms with Crippen LogP contribution in [-0.2, 0) is 19.9 Å². The van der Waals surface area contributed by atoms with Gasteiger partial charge in [-0.05, 0) is 48.5 Å². The minimum Gasteiger partial charge on any atom is -0.322 e. The summed E-state index contributed by atoms with van der Waals surface area (Å²) in [5, 5.41) is 2.70. The molecule has 0 unspecified atom stereocenters. The molecule has 10 heteroatoms. The first-order valence-electron chi connectivity index (χ1n) is 9.09. The number of hydrogen-bond donors (Lipinski definition) is 1. The van der Waals surface area contributed by atoms with Crippen molar-refractivity contribution in [3.8, 4) is 11.3 Å². The molecule has 1 N–H and O–H groups in total. The number of carbonyl (C=O) groups excluding carboxylic acids is 1. The molecule has 0 aliphatic carbocycles. The van der Waals surface area contributed by atoms with E-state index in [0.717, 1.165) is 10.6 Å². The molecule has 0 saturated heterocycles. The van der Waals surface area contributed by atoms with Gasteiger partial charge in [-0.1, -0.05) is 19.6 Å². The van der Waals surface area contributed by atoms with Gasteiger partial charge < -0.3 is 5.32 Å². The Labute approximate surface area is 188 Å². The smallest absolute Gasteiger partial charge is 0.255 e. The van der Waals surface area contributed by atoms with Crippen LogP contribution in [0.5, 0.6) is 0 Å². The van der Waals surface area contributed by atoms with Crippen LogP contribution in [0, 0.1) is 0 Å². The summed E-state index contributed by atoms with van der Waals surface area (Å²) in [6.45, 7) is 0. The highest BCUT2D eigenvalue weighted by Crippen LogP contribution is 2.25. The van der Waals surface area contributed by atoms with E-state index in [9.17, 15) is 21.6 Å². The van der Waals surface area contributed by atoms with Crippen LogP contribution >= 0.6 is 0 Å². The second-order valence-corrected chi connectivity index (χ2v) is 11.1. The number of rotatable bonds is 6. The van der Waals surface area contributed by atoms with Crippen molar-refractivity contribution >= 4 is 31.5 Å². The lowest BCUT2D eigenvalue weighted by Gasteiger charge is -2.12. The first-order valence-corrected chi connectivity index (χ1v) is 12.4. The zero-order valence-corrected chi connectivity index (χ0v) is 18.7. The lowest BCUT2D eigenvalue weighted by atomic mass is 10.1. The Morgan fingerprint density at radius 2 is 1.50 bits per heavy atom. The molecule has 8 nitrogen and oxygen atoms in total. The molecule has 0 aliphatic heterocycles. The van der Waals surface area contributed by atoms with E-state index in [1.54, 1.807) is 30.3 Å². The van der Waals surface area contributed by atoms with Crippen LogP contribution in [0.1, 0.15) is 17.8 Å². The van der Waals surface area contributed by atoms with Crippen molar-refractivity contribution in [1.82, 2.24) is 9.29 Å². The van der Waals surface area contributed by atoms with Crippen LogP contribution in [0.4, 0.5) is 5.69 Å². The van der Waals surface area contributed by atoms with Crippen molar-refractivity contribution in [2.75, 3.05) is 25.7 Å². The number of benzene rings is 2. The van der Waals surface area contributed by atoms with Gasteiger partial charge in [0.2, 0.25) is 10.0 Å². The summed E-state index contributed by atoms with van der Waals surface area (Å²) in [6.07, 6.45) is 2.62. The van der Waals surface area contributed by atoms with Crippen molar-refractivity contribution in [2.24, 2.45) is 0 Å². The Balaban J connectivity index is 0.00000363. The van der Waals surface area contributed by atoms with Crippen LogP contribution in [0.2, 0.25) is 0 Å². The van der Waals surface area contributed by atoms with Crippen LogP contribution in [0.15, 0.2) is 76.7 Å². The average molecular weight is 476 g/mol. The van der Waals surface area contributed by atoms with Crippen LogP contribution in [0.25, 0.3) is 11.3 Å². The molecule has 3 rings (SSSR count). The molecule has 32 heavy (non-hydrogen) atoms. The summed E-state index contributed by atoms with van der Waals surface area (Å²) in [4.78, 5) is 16.9. The number of carbonyl (C=O) groups is 1. The minimum absolute atomic E-state index is 0. The normalized spacial score (nSPS) is 11.6. The summed E-state index contributed by atoms with van der Waals surface area (Å²) in [6, 6.07) is 15.3. The first-order chi connectivity index (χ1) is 14.5. The number of sulfonamides is 1. The zero-order valence-electron chi connectivity index (χ0n) is 17.1. The monoisotopic (exact) mass is 475 g/mol. The Kier molecular flexibility index (Phi) is 7.55. The number of pyridine rings is 1. The highest BCUT2D eigenvalue weighted by molar-refractivity contribution is 7.90. The summed E-state index contributed by atoms with van der Waals surface area (Å²) in [5.41, 5.74) is 1.67. The molecule has 0 saturated carbocycles. The molecule has 1 heterocycles. The fourth-order valence-electron chi connectivity index (χ4n) is 2.81. The summed E-state index contributed by atoms with van der Waals surface area (Å²) >= 11 is 0. The molecule has 3 aromatic rings. The molecular weight excluding hydrogens is 450 g/mol. The van der Waals surface area contributed by atoms with Gasteiger partial charge >= 0.3 is 0 Å². The molecule has 0 atom stereocenters. The van der Waals surface area contributed by atoms with E-state index in [0.29, 0.717) is 22.5 Å². The SMILES string of the molecule is C.CN(C)S(=O)(=O)c1ccc(NC(=O)c2ccc(-c3ncccc3S(C)(=O)=O)cc2)cc1. The van der Waals surface area contributed by atoms with E-state index in [-0.39, 0.29) is 23.1 Å². The number of amides is 1. The van der Waals surface area contributed by atoms with Gasteiger partial charge in [0, 0.05) is 43.4 Å². The van der Waals surface area contributed by atoms with Gasteiger partial charge in [0.1, 0.15) is 0 Å². The Morgan fingerprint density at radius 3 is 2.03 bits per heavy atom. The van der Waals surface area contributed by atoms with Gasteiger partial charge in [0.05, 0.1) is 15.5 Å². The number of hydrogen-bond acceptors (Lipinski definition) is 6. The number of sulfone groups is 1.